The first kappa shape index (κ1) is 18.2. The van der Waals surface area contributed by atoms with Gasteiger partial charge in [0.1, 0.15) is 11.5 Å². The Hall–Kier alpha value is -4.58. The first-order chi connectivity index (χ1) is 15.6. The molecule has 0 radical (unpaired) electrons. The van der Waals surface area contributed by atoms with Crippen LogP contribution in [0.1, 0.15) is 22.8 Å². The van der Waals surface area contributed by atoms with Gasteiger partial charge in [-0.3, -0.25) is 0 Å². The molecule has 3 aromatic heterocycles. The van der Waals surface area contributed by atoms with Gasteiger partial charge < -0.3 is 20.2 Å². The number of aromatic hydroxyl groups is 2. The summed E-state index contributed by atoms with van der Waals surface area (Å²) in [6, 6.07) is 18.3. The van der Waals surface area contributed by atoms with Crippen LogP contribution < -0.4 is 0 Å². The molecule has 2 aliphatic heterocycles. The zero-order chi connectivity index (χ0) is 21.7. The summed E-state index contributed by atoms with van der Waals surface area (Å²) in [5.41, 5.74) is 8.12. The summed E-state index contributed by atoms with van der Waals surface area (Å²) in [7, 11) is 0. The average Bonchev–Trinajstić information content (AvgIpc) is 3.55. The van der Waals surface area contributed by atoms with Crippen molar-refractivity contribution in [1.82, 2.24) is 19.9 Å². The van der Waals surface area contributed by atoms with Crippen LogP contribution in [0.2, 0.25) is 0 Å². The highest BCUT2D eigenvalue weighted by molar-refractivity contribution is 5.90. The molecule has 0 spiro atoms. The van der Waals surface area contributed by atoms with Gasteiger partial charge in [-0.25, -0.2) is 9.97 Å². The van der Waals surface area contributed by atoms with Crippen LogP contribution in [-0.4, -0.2) is 30.1 Å². The maximum Gasteiger partial charge on any atom is 0.123 e. The SMILES string of the molecule is Oc1ccc(O)c(-c2cc3cc4ccc(cc5nc(cc6nc(cc2[nH]3)C=C6)C=C5)[nH]4)c1. The lowest BCUT2D eigenvalue weighted by Crippen LogP contribution is -1.79. The molecule has 0 fully saturated rings. The van der Waals surface area contributed by atoms with Crippen LogP contribution in [0.15, 0.2) is 60.7 Å². The smallest absolute Gasteiger partial charge is 0.123 e. The molecular weight excluding hydrogens is 400 g/mol. The van der Waals surface area contributed by atoms with E-state index in [9.17, 15) is 10.2 Å². The number of aromatic amines is 2. The van der Waals surface area contributed by atoms with Crippen molar-refractivity contribution in [3.63, 3.8) is 0 Å². The van der Waals surface area contributed by atoms with Crippen LogP contribution in [0.5, 0.6) is 11.5 Å². The van der Waals surface area contributed by atoms with Gasteiger partial charge in [-0.2, -0.15) is 0 Å². The lowest BCUT2D eigenvalue weighted by atomic mass is 10.1. The van der Waals surface area contributed by atoms with E-state index in [1.807, 2.05) is 66.8 Å². The summed E-state index contributed by atoms with van der Waals surface area (Å²) in [4.78, 5) is 16.1. The molecule has 2 aliphatic rings. The van der Waals surface area contributed by atoms with Gasteiger partial charge in [0.2, 0.25) is 0 Å². The summed E-state index contributed by atoms with van der Waals surface area (Å²) in [6.07, 6.45) is 7.83. The Morgan fingerprint density at radius 3 is 1.94 bits per heavy atom. The Bertz CT molecular complexity index is 1610. The number of nitrogens with zero attached hydrogens (tertiary/aromatic N) is 2. The van der Waals surface area contributed by atoms with Crippen molar-refractivity contribution < 1.29 is 10.2 Å². The number of nitrogens with one attached hydrogen (secondary N) is 2. The Kier molecular flexibility index (Phi) is 3.98. The minimum absolute atomic E-state index is 0.0862. The van der Waals surface area contributed by atoms with E-state index in [2.05, 4.69) is 19.9 Å². The van der Waals surface area contributed by atoms with Crippen molar-refractivity contribution in [2.24, 2.45) is 0 Å². The van der Waals surface area contributed by atoms with Crippen LogP contribution >= 0.6 is 0 Å². The zero-order valence-electron chi connectivity index (χ0n) is 16.9. The first-order valence-electron chi connectivity index (χ1n) is 10.2. The van der Waals surface area contributed by atoms with Gasteiger partial charge >= 0.3 is 0 Å². The molecule has 0 atom stereocenters. The van der Waals surface area contributed by atoms with Gasteiger partial charge in [-0.05, 0) is 85.0 Å². The molecule has 154 valence electrons. The molecule has 4 aromatic rings. The molecule has 0 amide bonds. The number of rotatable bonds is 1. The minimum Gasteiger partial charge on any atom is -0.508 e. The van der Waals surface area contributed by atoms with Crippen LogP contribution in [-0.2, 0) is 0 Å². The Labute approximate surface area is 182 Å². The molecule has 0 saturated carbocycles. The fourth-order valence-corrected chi connectivity index (χ4v) is 3.98. The van der Waals surface area contributed by atoms with Gasteiger partial charge in [0.05, 0.1) is 22.8 Å². The summed E-state index contributed by atoms with van der Waals surface area (Å²) >= 11 is 0. The molecule has 0 saturated heterocycles. The molecule has 8 bridgehead atoms. The number of H-pyrrole nitrogens is 2. The Balaban J connectivity index is 1.69. The lowest BCUT2D eigenvalue weighted by molar-refractivity contribution is 0.462. The number of hydrogen-bond donors (Lipinski definition) is 4. The molecule has 5 heterocycles. The number of phenolic OH excluding ortho intramolecular Hbond substituents is 2. The Morgan fingerprint density at radius 1 is 0.531 bits per heavy atom. The largest absolute Gasteiger partial charge is 0.508 e. The topological polar surface area (TPSA) is 97.8 Å². The first-order valence-corrected chi connectivity index (χ1v) is 10.2. The zero-order valence-corrected chi connectivity index (χ0v) is 16.9. The second-order valence-corrected chi connectivity index (χ2v) is 7.79. The van der Waals surface area contributed by atoms with Gasteiger partial charge in [-0.15, -0.1) is 0 Å². The van der Waals surface area contributed by atoms with E-state index < -0.39 is 0 Å². The van der Waals surface area contributed by atoms with Crippen LogP contribution in [0.3, 0.4) is 0 Å². The lowest BCUT2D eigenvalue weighted by Gasteiger charge is -2.03. The van der Waals surface area contributed by atoms with Gasteiger partial charge in [-0.1, -0.05) is 0 Å². The standard InChI is InChI=1S/C26H18N4O2/c31-22-7-8-26(32)24(14-22)23-12-21-11-19-4-3-17(28-19)9-15-1-2-16(27-15)10-18-5-6-20(29-18)13-25(23)30-21/h1-14,28,30-32H. The van der Waals surface area contributed by atoms with Crippen molar-refractivity contribution in [3.8, 4) is 22.6 Å². The van der Waals surface area contributed by atoms with Crippen molar-refractivity contribution in [2.45, 2.75) is 0 Å². The van der Waals surface area contributed by atoms with E-state index >= 15 is 0 Å². The van der Waals surface area contributed by atoms with Crippen molar-refractivity contribution in [3.05, 3.63) is 83.4 Å². The Morgan fingerprint density at radius 2 is 1.19 bits per heavy atom. The monoisotopic (exact) mass is 418 g/mol. The normalized spacial score (nSPS) is 12.4. The molecular formula is C26H18N4O2. The van der Waals surface area contributed by atoms with E-state index in [0.29, 0.717) is 5.56 Å². The third kappa shape index (κ3) is 3.33. The number of fused-ring (bicyclic) bond motifs is 8. The second-order valence-electron chi connectivity index (χ2n) is 7.79. The number of benzene rings is 1. The number of hydrogen-bond acceptors (Lipinski definition) is 4. The van der Waals surface area contributed by atoms with Crippen molar-refractivity contribution in [2.75, 3.05) is 0 Å². The van der Waals surface area contributed by atoms with E-state index in [0.717, 1.165) is 50.4 Å². The quantitative estimate of drug-likeness (QED) is 0.256. The van der Waals surface area contributed by atoms with Gasteiger partial charge in [0.15, 0.2) is 0 Å². The summed E-state index contributed by atoms with van der Waals surface area (Å²) in [5.74, 6) is 0.177. The van der Waals surface area contributed by atoms with E-state index in [-0.39, 0.29) is 11.5 Å². The van der Waals surface area contributed by atoms with Crippen LogP contribution in [0.4, 0.5) is 0 Å². The molecule has 6 heteroatoms. The van der Waals surface area contributed by atoms with Gasteiger partial charge in [0.25, 0.3) is 0 Å². The number of aromatic nitrogens is 4. The molecule has 6 nitrogen and oxygen atoms in total. The summed E-state index contributed by atoms with van der Waals surface area (Å²) < 4.78 is 0. The molecule has 6 rings (SSSR count). The molecule has 1 aromatic carbocycles. The van der Waals surface area contributed by atoms with Crippen molar-refractivity contribution in [1.29, 1.82) is 0 Å². The fraction of sp³-hybridized carbons (Fsp3) is 0. The van der Waals surface area contributed by atoms with Crippen LogP contribution in [0, 0.1) is 0 Å². The highest BCUT2D eigenvalue weighted by Crippen LogP contribution is 2.36. The van der Waals surface area contributed by atoms with Crippen LogP contribution in [0.25, 0.3) is 57.5 Å². The molecule has 4 N–H and O–H groups in total. The predicted octanol–water partition coefficient (Wildman–Crippen LogP) is 5.73. The maximum absolute atomic E-state index is 10.5. The minimum atomic E-state index is 0.0862. The summed E-state index contributed by atoms with van der Waals surface area (Å²) in [6.45, 7) is 0. The third-order valence-electron chi connectivity index (χ3n) is 5.44. The third-order valence-corrected chi connectivity index (χ3v) is 5.44. The molecule has 0 aliphatic carbocycles. The fourth-order valence-electron chi connectivity index (χ4n) is 3.98. The van der Waals surface area contributed by atoms with E-state index in [1.165, 1.54) is 12.1 Å². The maximum atomic E-state index is 10.5. The second kappa shape index (κ2) is 6.99. The molecule has 0 unspecified atom stereocenters. The van der Waals surface area contributed by atoms with Crippen molar-refractivity contribution >= 4 is 46.4 Å². The highest BCUT2D eigenvalue weighted by atomic mass is 16.3. The number of phenols is 2. The van der Waals surface area contributed by atoms with E-state index in [4.69, 9.17) is 0 Å². The predicted molar refractivity (Wildman–Crippen MR) is 128 cm³/mol. The summed E-state index contributed by atoms with van der Waals surface area (Å²) in [5, 5.41) is 20.4. The van der Waals surface area contributed by atoms with Gasteiger partial charge in [0, 0.05) is 33.2 Å². The average molecular weight is 418 g/mol. The van der Waals surface area contributed by atoms with E-state index in [1.54, 1.807) is 6.07 Å². The molecule has 32 heavy (non-hydrogen) atoms. The highest BCUT2D eigenvalue weighted by Gasteiger charge is 2.11.